The molecule has 0 aromatic heterocycles. The summed E-state index contributed by atoms with van der Waals surface area (Å²) in [5.41, 5.74) is 7.52. The van der Waals surface area contributed by atoms with Crippen LogP contribution in [0.15, 0.2) is 72.8 Å². The number of benzene rings is 3. The summed E-state index contributed by atoms with van der Waals surface area (Å²) >= 11 is 0. The largest absolute Gasteiger partial charge is 0.490 e. The average Bonchev–Trinajstić information content (AvgIpc) is 2.77. The van der Waals surface area contributed by atoms with Gasteiger partial charge in [-0.15, -0.1) is 0 Å². The average molecular weight is 431 g/mol. The van der Waals surface area contributed by atoms with Crippen molar-refractivity contribution >= 4 is 23.4 Å². The van der Waals surface area contributed by atoms with Crippen LogP contribution in [-0.4, -0.2) is 23.8 Å². The zero-order chi connectivity index (χ0) is 23.1. The maximum Gasteiger partial charge on any atom is 0.273 e. The van der Waals surface area contributed by atoms with Gasteiger partial charge in [0.2, 0.25) is 0 Å². The first-order valence-corrected chi connectivity index (χ1v) is 10.2. The van der Waals surface area contributed by atoms with Gasteiger partial charge in [-0.25, -0.2) is 0 Å². The van der Waals surface area contributed by atoms with Gasteiger partial charge in [0, 0.05) is 16.8 Å². The predicted molar refractivity (Wildman–Crippen MR) is 123 cm³/mol. The second kappa shape index (κ2) is 10.3. The highest BCUT2D eigenvalue weighted by Gasteiger charge is 2.14. The van der Waals surface area contributed by atoms with E-state index in [9.17, 15) is 14.4 Å². The molecule has 0 saturated carbocycles. The normalized spacial score (nSPS) is 10.4. The Labute approximate surface area is 186 Å². The summed E-state index contributed by atoms with van der Waals surface area (Å²) in [7, 11) is 0. The van der Waals surface area contributed by atoms with E-state index in [4.69, 9.17) is 4.74 Å². The molecular weight excluding hydrogens is 406 g/mol. The van der Waals surface area contributed by atoms with Crippen molar-refractivity contribution in [3.8, 4) is 5.75 Å². The topological polar surface area (TPSA) is 96.5 Å². The number of ether oxygens (including phenoxy) is 1. The smallest absolute Gasteiger partial charge is 0.273 e. The summed E-state index contributed by atoms with van der Waals surface area (Å²) in [6.07, 6.45) is -0.0940. The molecule has 0 aliphatic heterocycles. The minimum atomic E-state index is -0.489. The molecule has 3 N–H and O–H groups in total. The van der Waals surface area contributed by atoms with Gasteiger partial charge in [0.25, 0.3) is 17.7 Å². The lowest BCUT2D eigenvalue weighted by molar-refractivity contribution is 0.0843. The van der Waals surface area contributed by atoms with Gasteiger partial charge in [0.15, 0.2) is 0 Å². The number of aryl methyl sites for hydroxylation is 1. The van der Waals surface area contributed by atoms with Crippen LogP contribution in [0.4, 0.5) is 5.69 Å². The van der Waals surface area contributed by atoms with Gasteiger partial charge in [-0.3, -0.25) is 25.2 Å². The van der Waals surface area contributed by atoms with E-state index in [1.54, 1.807) is 60.7 Å². The maximum absolute atomic E-state index is 12.5. The minimum Gasteiger partial charge on any atom is -0.490 e. The molecule has 3 aromatic rings. The highest BCUT2D eigenvalue weighted by atomic mass is 16.5. The fraction of sp³-hybridized carbons (Fsp3) is 0.160. The predicted octanol–water partition coefficient (Wildman–Crippen LogP) is 4.11. The first-order chi connectivity index (χ1) is 15.3. The first kappa shape index (κ1) is 22.6. The van der Waals surface area contributed by atoms with Crippen molar-refractivity contribution in [3.05, 3.63) is 95.1 Å². The number of nitrogens with one attached hydrogen (secondary N) is 3. The number of hydrogen-bond acceptors (Lipinski definition) is 4. The van der Waals surface area contributed by atoms with Crippen LogP contribution in [0.25, 0.3) is 0 Å². The lowest BCUT2D eigenvalue weighted by Crippen LogP contribution is -2.41. The Morgan fingerprint density at radius 2 is 1.44 bits per heavy atom. The summed E-state index contributed by atoms with van der Waals surface area (Å²) in [6.45, 7) is 5.64. The van der Waals surface area contributed by atoms with Crippen molar-refractivity contribution in [1.29, 1.82) is 0 Å². The monoisotopic (exact) mass is 431 g/mol. The van der Waals surface area contributed by atoms with Crippen molar-refractivity contribution in [1.82, 2.24) is 10.9 Å². The Morgan fingerprint density at radius 1 is 0.750 bits per heavy atom. The lowest BCUT2D eigenvalue weighted by Gasteiger charge is -2.14. The van der Waals surface area contributed by atoms with Crippen molar-refractivity contribution in [3.63, 3.8) is 0 Å². The number of carbonyl (C=O) groups is 3. The molecule has 0 spiro atoms. The van der Waals surface area contributed by atoms with Crippen molar-refractivity contribution < 1.29 is 19.1 Å². The fourth-order valence-electron chi connectivity index (χ4n) is 2.96. The molecule has 7 heteroatoms. The van der Waals surface area contributed by atoms with E-state index >= 15 is 0 Å². The standard InChI is InChI=1S/C25H25N3O4/c1-16(2)32-22-10-5-4-9-21(22)25(31)28-27-24(30)18-11-13-20(14-12-18)26-23(29)19-8-6-7-17(3)15-19/h4-16H,1-3H3,(H,26,29)(H,27,30)(H,28,31). The van der Waals surface area contributed by atoms with Crippen LogP contribution in [0, 0.1) is 6.92 Å². The van der Waals surface area contributed by atoms with Crippen molar-refractivity contribution in [2.45, 2.75) is 26.9 Å². The number of hydrogen-bond donors (Lipinski definition) is 3. The Hall–Kier alpha value is -4.13. The molecule has 164 valence electrons. The molecule has 3 rings (SSSR count). The van der Waals surface area contributed by atoms with Gasteiger partial charge in [0.1, 0.15) is 5.75 Å². The zero-order valence-electron chi connectivity index (χ0n) is 18.1. The molecule has 0 atom stereocenters. The van der Waals surface area contributed by atoms with Gasteiger partial charge >= 0.3 is 0 Å². The van der Waals surface area contributed by atoms with E-state index in [2.05, 4.69) is 16.2 Å². The highest BCUT2D eigenvalue weighted by Crippen LogP contribution is 2.19. The third-order valence-corrected chi connectivity index (χ3v) is 4.47. The molecule has 0 bridgehead atoms. The summed E-state index contributed by atoms with van der Waals surface area (Å²) in [4.78, 5) is 37.2. The SMILES string of the molecule is Cc1cccc(C(=O)Nc2ccc(C(=O)NNC(=O)c3ccccc3OC(C)C)cc2)c1. The number of amides is 3. The van der Waals surface area contributed by atoms with Crippen molar-refractivity contribution in [2.75, 3.05) is 5.32 Å². The number of hydrazine groups is 1. The maximum atomic E-state index is 12.5. The van der Waals surface area contributed by atoms with Crippen LogP contribution < -0.4 is 20.9 Å². The third kappa shape index (κ3) is 5.95. The summed E-state index contributed by atoms with van der Waals surface area (Å²) in [6, 6.07) is 20.4. The molecule has 7 nitrogen and oxygen atoms in total. The molecule has 0 heterocycles. The van der Waals surface area contributed by atoms with Gasteiger partial charge in [0.05, 0.1) is 11.7 Å². The Morgan fingerprint density at radius 3 is 2.12 bits per heavy atom. The van der Waals surface area contributed by atoms with Gasteiger partial charge in [-0.2, -0.15) is 0 Å². The third-order valence-electron chi connectivity index (χ3n) is 4.47. The van der Waals surface area contributed by atoms with Gasteiger partial charge in [-0.05, 0) is 69.3 Å². The Kier molecular flexibility index (Phi) is 7.23. The molecule has 0 unspecified atom stereocenters. The quantitative estimate of drug-likeness (QED) is 0.512. The van der Waals surface area contributed by atoms with Crippen LogP contribution in [0.5, 0.6) is 5.75 Å². The molecule has 0 aliphatic rings. The molecule has 0 radical (unpaired) electrons. The van der Waals surface area contributed by atoms with Gasteiger partial charge < -0.3 is 10.1 Å². The molecule has 0 fully saturated rings. The molecule has 32 heavy (non-hydrogen) atoms. The van der Waals surface area contributed by atoms with E-state index in [0.29, 0.717) is 28.1 Å². The van der Waals surface area contributed by atoms with E-state index < -0.39 is 11.8 Å². The fourth-order valence-corrected chi connectivity index (χ4v) is 2.96. The second-order valence-corrected chi connectivity index (χ2v) is 7.47. The first-order valence-electron chi connectivity index (χ1n) is 10.2. The Bertz CT molecular complexity index is 1120. The zero-order valence-corrected chi connectivity index (χ0v) is 18.1. The number of carbonyl (C=O) groups excluding carboxylic acids is 3. The summed E-state index contributed by atoms with van der Waals surface area (Å²) in [5.74, 6) is -0.780. The molecular formula is C25H25N3O4. The summed E-state index contributed by atoms with van der Waals surface area (Å²) < 4.78 is 5.63. The second-order valence-electron chi connectivity index (χ2n) is 7.47. The van der Waals surface area contributed by atoms with Crippen molar-refractivity contribution in [2.24, 2.45) is 0 Å². The minimum absolute atomic E-state index is 0.0940. The van der Waals surface area contributed by atoms with Crippen LogP contribution in [0.1, 0.15) is 50.5 Å². The molecule has 0 saturated heterocycles. The Balaban J connectivity index is 1.58. The molecule has 3 aromatic carbocycles. The molecule has 0 aliphatic carbocycles. The van der Waals surface area contributed by atoms with Crippen LogP contribution >= 0.6 is 0 Å². The summed E-state index contributed by atoms with van der Waals surface area (Å²) in [5, 5.41) is 2.79. The molecule has 3 amide bonds. The van der Waals surface area contributed by atoms with Crippen LogP contribution in [0.2, 0.25) is 0 Å². The van der Waals surface area contributed by atoms with E-state index in [0.717, 1.165) is 5.56 Å². The van der Waals surface area contributed by atoms with Gasteiger partial charge in [-0.1, -0.05) is 29.8 Å². The number of rotatable bonds is 6. The van der Waals surface area contributed by atoms with E-state index in [1.165, 1.54) is 0 Å². The lowest BCUT2D eigenvalue weighted by atomic mass is 10.1. The van der Waals surface area contributed by atoms with Crippen LogP contribution in [-0.2, 0) is 0 Å². The van der Waals surface area contributed by atoms with E-state index in [-0.39, 0.29) is 12.0 Å². The highest BCUT2D eigenvalue weighted by molar-refractivity contribution is 6.05. The van der Waals surface area contributed by atoms with Crippen LogP contribution in [0.3, 0.4) is 0 Å². The number of para-hydroxylation sites is 1. The van der Waals surface area contributed by atoms with E-state index in [1.807, 2.05) is 32.9 Å². The number of anilines is 1.